The van der Waals surface area contributed by atoms with Crippen LogP contribution in [0.5, 0.6) is 0 Å². The zero-order valence-electron chi connectivity index (χ0n) is 16.6. The highest BCUT2D eigenvalue weighted by Gasteiger charge is 2.39. The van der Waals surface area contributed by atoms with Crippen LogP contribution in [0.1, 0.15) is 51.4 Å². The summed E-state index contributed by atoms with van der Waals surface area (Å²) in [6.07, 6.45) is 8.55. The van der Waals surface area contributed by atoms with Crippen molar-refractivity contribution in [1.29, 1.82) is 0 Å². The fourth-order valence-corrected chi connectivity index (χ4v) is 6.65. The summed E-state index contributed by atoms with van der Waals surface area (Å²) in [7, 11) is -0.972. The molecule has 0 aromatic heterocycles. The molecule has 0 bridgehead atoms. The Labute approximate surface area is 170 Å². The highest BCUT2D eigenvalue weighted by molar-refractivity contribution is 7.91. The molecule has 8 heteroatoms. The maximum absolute atomic E-state index is 13.1. The number of nitrogens with zero attached hydrogens (tertiary/aromatic N) is 2. The van der Waals surface area contributed by atoms with Crippen LogP contribution in [-0.2, 0) is 14.6 Å². The number of likely N-dealkylation sites (tertiary alicyclic amines) is 1. The van der Waals surface area contributed by atoms with Crippen LogP contribution in [0.3, 0.4) is 0 Å². The molecule has 2 aliphatic heterocycles. The third kappa shape index (κ3) is 6.31. The van der Waals surface area contributed by atoms with Gasteiger partial charge in [-0.05, 0) is 71.1 Å². The van der Waals surface area contributed by atoms with Gasteiger partial charge in [0.15, 0.2) is 9.84 Å². The summed E-state index contributed by atoms with van der Waals surface area (Å²) in [5, 5.41) is 3.22. The SMILES string of the molecule is CNCCC1CCN(CC(=O)N(C2CCCC2)C2CCS(=O)(=O)C2)CC1.Cl. The van der Waals surface area contributed by atoms with E-state index < -0.39 is 9.84 Å². The maximum Gasteiger partial charge on any atom is 0.237 e. The Bertz CT molecular complexity index is 573. The molecule has 2 saturated heterocycles. The molecule has 1 saturated carbocycles. The van der Waals surface area contributed by atoms with Crippen molar-refractivity contribution in [2.24, 2.45) is 5.92 Å². The minimum absolute atomic E-state index is 0. The van der Waals surface area contributed by atoms with Gasteiger partial charge >= 0.3 is 0 Å². The fourth-order valence-electron chi connectivity index (χ4n) is 4.94. The van der Waals surface area contributed by atoms with Gasteiger partial charge in [0.05, 0.1) is 18.1 Å². The molecule has 27 heavy (non-hydrogen) atoms. The van der Waals surface area contributed by atoms with Crippen molar-refractivity contribution in [2.45, 2.75) is 63.5 Å². The van der Waals surface area contributed by atoms with Crippen molar-refractivity contribution < 1.29 is 13.2 Å². The molecule has 3 rings (SSSR count). The smallest absolute Gasteiger partial charge is 0.237 e. The van der Waals surface area contributed by atoms with Crippen LogP contribution in [0, 0.1) is 5.92 Å². The van der Waals surface area contributed by atoms with E-state index in [0.29, 0.717) is 13.0 Å². The van der Waals surface area contributed by atoms with Crippen LogP contribution in [0.25, 0.3) is 0 Å². The zero-order chi connectivity index (χ0) is 18.6. The minimum atomic E-state index is -2.97. The summed E-state index contributed by atoms with van der Waals surface area (Å²) in [5.74, 6) is 1.33. The summed E-state index contributed by atoms with van der Waals surface area (Å²) in [6, 6.07) is 0.165. The van der Waals surface area contributed by atoms with E-state index in [-0.39, 0.29) is 41.9 Å². The first-order chi connectivity index (χ1) is 12.5. The first kappa shape index (κ1) is 22.9. The van der Waals surface area contributed by atoms with Crippen molar-refractivity contribution in [1.82, 2.24) is 15.1 Å². The summed E-state index contributed by atoms with van der Waals surface area (Å²) in [5.41, 5.74) is 0. The lowest BCUT2D eigenvalue weighted by Gasteiger charge is -2.37. The second-order valence-corrected chi connectivity index (χ2v) is 10.6. The van der Waals surface area contributed by atoms with Crippen molar-refractivity contribution >= 4 is 28.2 Å². The van der Waals surface area contributed by atoms with Crippen LogP contribution in [0.15, 0.2) is 0 Å². The Balaban J connectivity index is 0.00000261. The molecule has 1 aliphatic carbocycles. The van der Waals surface area contributed by atoms with Crippen molar-refractivity contribution in [3.63, 3.8) is 0 Å². The van der Waals surface area contributed by atoms with Crippen LogP contribution in [0.4, 0.5) is 0 Å². The number of rotatable bonds is 7. The molecule has 3 aliphatic rings. The normalized spacial score (nSPS) is 26.8. The standard InChI is InChI=1S/C19H35N3O3S.ClH/c1-20-10-6-16-7-11-21(12-8-16)14-19(23)22(17-4-2-3-5-17)18-9-13-26(24,25)15-18;/h16-18,20H,2-15H2,1H3;1H. The highest BCUT2D eigenvalue weighted by Crippen LogP contribution is 2.29. The molecule has 2 heterocycles. The van der Waals surface area contributed by atoms with E-state index in [2.05, 4.69) is 10.2 Å². The molecule has 0 spiro atoms. The first-order valence-electron chi connectivity index (χ1n) is 10.4. The minimum Gasteiger partial charge on any atom is -0.335 e. The third-order valence-corrected chi connectivity index (χ3v) is 8.23. The average Bonchev–Trinajstić information content (AvgIpc) is 3.24. The number of hydrogen-bond acceptors (Lipinski definition) is 5. The monoisotopic (exact) mass is 421 g/mol. The van der Waals surface area contributed by atoms with Crippen molar-refractivity contribution in [3.05, 3.63) is 0 Å². The molecule has 1 amide bonds. The molecule has 6 nitrogen and oxygen atoms in total. The maximum atomic E-state index is 13.1. The van der Waals surface area contributed by atoms with Crippen molar-refractivity contribution in [2.75, 3.05) is 44.7 Å². The molecule has 0 aromatic rings. The predicted octanol–water partition coefficient (Wildman–Crippen LogP) is 1.69. The number of carbonyl (C=O) groups excluding carboxylic acids is 1. The summed E-state index contributed by atoms with van der Waals surface area (Å²) < 4.78 is 23.9. The second kappa shape index (κ2) is 10.4. The molecule has 1 N–H and O–H groups in total. The van der Waals surface area contributed by atoms with Gasteiger partial charge < -0.3 is 10.2 Å². The second-order valence-electron chi connectivity index (χ2n) is 8.41. The van der Waals surface area contributed by atoms with E-state index in [1.807, 2.05) is 11.9 Å². The molecule has 0 radical (unpaired) electrons. The largest absolute Gasteiger partial charge is 0.335 e. The lowest BCUT2D eigenvalue weighted by atomic mass is 9.93. The quantitative estimate of drug-likeness (QED) is 0.677. The van der Waals surface area contributed by atoms with Crippen LogP contribution < -0.4 is 5.32 Å². The summed E-state index contributed by atoms with van der Waals surface area (Å²) >= 11 is 0. The molecule has 3 fully saturated rings. The van der Waals surface area contributed by atoms with Gasteiger partial charge in [-0.2, -0.15) is 0 Å². The van der Waals surface area contributed by atoms with E-state index in [9.17, 15) is 13.2 Å². The number of carbonyl (C=O) groups is 1. The summed E-state index contributed by atoms with van der Waals surface area (Å²) in [6.45, 7) is 3.50. The van der Waals surface area contributed by atoms with Gasteiger partial charge in [-0.15, -0.1) is 12.4 Å². The number of piperidine rings is 1. The van der Waals surface area contributed by atoms with E-state index in [4.69, 9.17) is 0 Å². The number of nitrogens with one attached hydrogen (secondary N) is 1. The molecule has 158 valence electrons. The third-order valence-electron chi connectivity index (χ3n) is 6.48. The van der Waals surface area contributed by atoms with E-state index >= 15 is 0 Å². The lowest BCUT2D eigenvalue weighted by Crippen LogP contribution is -2.51. The Kier molecular flexibility index (Phi) is 8.84. The average molecular weight is 422 g/mol. The Morgan fingerprint density at radius 2 is 1.74 bits per heavy atom. The zero-order valence-corrected chi connectivity index (χ0v) is 18.2. The Hall–Kier alpha value is -0.370. The van der Waals surface area contributed by atoms with Gasteiger partial charge in [0.25, 0.3) is 0 Å². The predicted molar refractivity (Wildman–Crippen MR) is 111 cm³/mol. The number of hydrogen-bond donors (Lipinski definition) is 1. The summed E-state index contributed by atoms with van der Waals surface area (Å²) in [4.78, 5) is 17.4. The molecule has 1 unspecified atom stereocenters. The van der Waals surface area contributed by atoms with Gasteiger partial charge in [-0.3, -0.25) is 9.69 Å². The van der Waals surface area contributed by atoms with Gasteiger partial charge in [-0.25, -0.2) is 8.42 Å². The van der Waals surface area contributed by atoms with Crippen molar-refractivity contribution in [3.8, 4) is 0 Å². The van der Waals surface area contributed by atoms with E-state index in [1.165, 1.54) is 6.42 Å². The van der Waals surface area contributed by atoms with E-state index in [1.54, 1.807) is 0 Å². The molecule has 0 aromatic carbocycles. The first-order valence-corrected chi connectivity index (χ1v) is 12.2. The number of sulfone groups is 1. The molecular weight excluding hydrogens is 386 g/mol. The van der Waals surface area contributed by atoms with Gasteiger partial charge in [-0.1, -0.05) is 12.8 Å². The lowest BCUT2D eigenvalue weighted by molar-refractivity contribution is -0.137. The van der Waals surface area contributed by atoms with E-state index in [0.717, 1.165) is 64.1 Å². The van der Waals surface area contributed by atoms with Gasteiger partial charge in [0, 0.05) is 12.1 Å². The van der Waals surface area contributed by atoms with Crippen LogP contribution in [-0.4, -0.2) is 80.9 Å². The highest BCUT2D eigenvalue weighted by atomic mass is 35.5. The Morgan fingerprint density at radius 3 is 2.30 bits per heavy atom. The topological polar surface area (TPSA) is 69.7 Å². The molecular formula is C19H36ClN3O3S. The van der Waals surface area contributed by atoms with Crippen LogP contribution in [0.2, 0.25) is 0 Å². The van der Waals surface area contributed by atoms with Gasteiger partial charge in [0.1, 0.15) is 0 Å². The Morgan fingerprint density at radius 1 is 1.07 bits per heavy atom. The van der Waals surface area contributed by atoms with Gasteiger partial charge in [0.2, 0.25) is 5.91 Å². The fraction of sp³-hybridized carbons (Fsp3) is 0.947. The molecule has 1 atom stereocenters. The number of halogens is 1. The number of amides is 1. The van der Waals surface area contributed by atoms with Crippen LogP contribution >= 0.6 is 12.4 Å².